The van der Waals surface area contributed by atoms with Crippen LogP contribution in [-0.2, 0) is 13.5 Å². The molecule has 0 bridgehead atoms. The van der Waals surface area contributed by atoms with Gasteiger partial charge in [-0.15, -0.1) is 0 Å². The molecule has 1 N–H and O–H groups in total. The number of halogens is 1. The smallest absolute Gasteiger partial charge is 0.338 e. The van der Waals surface area contributed by atoms with Gasteiger partial charge in [-0.05, 0) is 34.6 Å². The maximum atomic E-state index is 11.0. The van der Waals surface area contributed by atoms with Crippen LogP contribution >= 0.6 is 22.6 Å². The Morgan fingerprint density at radius 3 is 2.57 bits per heavy atom. The molecule has 0 radical (unpaired) electrons. The fourth-order valence-electron chi connectivity index (χ4n) is 1.43. The lowest BCUT2D eigenvalue weighted by molar-refractivity contribution is 0.0692. The molecule has 0 unspecified atom stereocenters. The molecule has 4 nitrogen and oxygen atoms in total. The molecule has 0 amide bonds. The molecule has 1 rings (SSSR count). The highest BCUT2D eigenvalue weighted by atomic mass is 127. The molecule has 76 valence electrons. The van der Waals surface area contributed by atoms with Gasteiger partial charge in [-0.1, -0.05) is 6.92 Å². The molecular weight excluding hydrogens is 297 g/mol. The third-order valence-corrected chi connectivity index (χ3v) is 3.52. The highest BCUT2D eigenvalue weighted by Crippen LogP contribution is 2.23. The number of hydrogen-bond donors (Lipinski definition) is 1. The van der Waals surface area contributed by atoms with Gasteiger partial charge in [0, 0.05) is 7.05 Å². The molecule has 14 heavy (non-hydrogen) atoms. The van der Waals surface area contributed by atoms with Crippen molar-refractivity contribution in [3.05, 3.63) is 20.5 Å². The molecule has 0 aliphatic rings. The minimum atomic E-state index is -1.04. The molecule has 1 heterocycles. The fraction of sp³-hybridized carbons (Fsp3) is 0.333. The zero-order chi connectivity index (χ0) is 10.9. The first kappa shape index (κ1) is 11.2. The van der Waals surface area contributed by atoms with Crippen LogP contribution < -0.4 is 0 Å². The van der Waals surface area contributed by atoms with Crippen LogP contribution in [0, 0.1) is 3.70 Å². The van der Waals surface area contributed by atoms with E-state index in [1.165, 1.54) is 0 Å². The summed E-state index contributed by atoms with van der Waals surface area (Å²) in [7, 11) is 1.69. The predicted octanol–water partition coefficient (Wildman–Crippen LogP) is 1.70. The van der Waals surface area contributed by atoms with E-state index in [0.29, 0.717) is 12.7 Å². The highest BCUT2D eigenvalue weighted by molar-refractivity contribution is 14.1. The van der Waals surface area contributed by atoms with Crippen LogP contribution in [0.4, 0.5) is 0 Å². The zero-order valence-electron chi connectivity index (χ0n) is 7.87. The zero-order valence-corrected chi connectivity index (χ0v) is 10.0. The monoisotopic (exact) mass is 307 g/mol. The maximum absolute atomic E-state index is 11.0. The molecular formula is C9H10INO3. The van der Waals surface area contributed by atoms with Gasteiger partial charge in [0.25, 0.3) is 0 Å². The van der Waals surface area contributed by atoms with Crippen LogP contribution in [0.3, 0.4) is 0 Å². The van der Waals surface area contributed by atoms with Gasteiger partial charge in [0.1, 0.15) is 0 Å². The number of carboxylic acid groups (broad SMARTS) is 1. The van der Waals surface area contributed by atoms with E-state index >= 15 is 0 Å². The molecule has 1 aromatic rings. The summed E-state index contributed by atoms with van der Waals surface area (Å²) < 4.78 is 2.42. The van der Waals surface area contributed by atoms with Crippen LogP contribution in [0.2, 0.25) is 0 Å². The number of carbonyl (C=O) groups excluding carboxylic acids is 1. The van der Waals surface area contributed by atoms with Gasteiger partial charge in [0.2, 0.25) is 0 Å². The normalized spacial score (nSPS) is 10.2. The Balaban J connectivity index is 3.57. The number of aldehydes is 1. The Morgan fingerprint density at radius 2 is 2.21 bits per heavy atom. The molecule has 0 spiro atoms. The Labute approximate surface area is 95.1 Å². The molecule has 0 saturated heterocycles. The van der Waals surface area contributed by atoms with Gasteiger partial charge in [-0.3, -0.25) is 4.79 Å². The van der Waals surface area contributed by atoms with Crippen LogP contribution in [0.1, 0.15) is 33.3 Å². The van der Waals surface area contributed by atoms with Gasteiger partial charge in [0.15, 0.2) is 6.29 Å². The van der Waals surface area contributed by atoms with Crippen LogP contribution in [0.15, 0.2) is 0 Å². The van der Waals surface area contributed by atoms with Crippen molar-refractivity contribution in [2.45, 2.75) is 13.3 Å². The number of carboxylic acids is 1. The average molecular weight is 307 g/mol. The second-order valence-electron chi connectivity index (χ2n) is 2.87. The van der Waals surface area contributed by atoms with E-state index in [-0.39, 0.29) is 11.3 Å². The predicted molar refractivity (Wildman–Crippen MR) is 59.9 cm³/mol. The van der Waals surface area contributed by atoms with E-state index < -0.39 is 5.97 Å². The summed E-state index contributed by atoms with van der Waals surface area (Å²) in [6.07, 6.45) is 1.20. The van der Waals surface area contributed by atoms with Crippen molar-refractivity contribution in [1.82, 2.24) is 4.57 Å². The van der Waals surface area contributed by atoms with E-state index in [4.69, 9.17) is 5.11 Å². The average Bonchev–Trinajstić information content (AvgIpc) is 2.39. The third-order valence-electron chi connectivity index (χ3n) is 2.14. The molecule has 5 heteroatoms. The van der Waals surface area contributed by atoms with Crippen molar-refractivity contribution < 1.29 is 14.7 Å². The van der Waals surface area contributed by atoms with Crippen LogP contribution in [0.25, 0.3) is 0 Å². The van der Waals surface area contributed by atoms with Gasteiger partial charge >= 0.3 is 5.97 Å². The molecule has 0 aromatic carbocycles. The third kappa shape index (κ3) is 1.56. The van der Waals surface area contributed by atoms with E-state index in [9.17, 15) is 9.59 Å². The first-order chi connectivity index (χ1) is 6.54. The Hall–Kier alpha value is -0.850. The van der Waals surface area contributed by atoms with Gasteiger partial charge in [-0.25, -0.2) is 4.79 Å². The largest absolute Gasteiger partial charge is 0.478 e. The number of carbonyl (C=O) groups is 2. The Bertz CT molecular complexity index is 395. The Morgan fingerprint density at radius 1 is 1.64 bits per heavy atom. The summed E-state index contributed by atoms with van der Waals surface area (Å²) in [5, 5.41) is 8.97. The Kier molecular flexibility index (Phi) is 3.30. The molecule has 0 fully saturated rings. The minimum absolute atomic E-state index is 0.134. The van der Waals surface area contributed by atoms with E-state index in [0.717, 1.165) is 9.26 Å². The lowest BCUT2D eigenvalue weighted by atomic mass is 10.1. The number of aromatic carboxylic acids is 1. The summed E-state index contributed by atoms with van der Waals surface area (Å²) in [5.74, 6) is -1.04. The summed E-state index contributed by atoms with van der Waals surface area (Å²) in [5.41, 5.74) is 1.09. The molecule has 0 aliphatic carbocycles. The van der Waals surface area contributed by atoms with Gasteiger partial charge < -0.3 is 9.67 Å². The molecule has 1 aromatic heterocycles. The lowest BCUT2D eigenvalue weighted by Gasteiger charge is -1.96. The number of nitrogens with zero attached hydrogens (tertiary/aromatic N) is 1. The number of aromatic nitrogens is 1. The SMILES string of the molecule is CCc1c(C(=O)O)c(C=O)n(C)c1I. The van der Waals surface area contributed by atoms with E-state index in [2.05, 4.69) is 0 Å². The standard InChI is InChI=1S/C9H10INO3/c1-3-5-7(9(13)14)6(4-12)11(2)8(5)10/h4H,3H2,1-2H3,(H,13,14). The van der Waals surface area contributed by atoms with Crippen molar-refractivity contribution in [3.8, 4) is 0 Å². The summed E-state index contributed by atoms with van der Waals surface area (Å²) in [6.45, 7) is 1.87. The highest BCUT2D eigenvalue weighted by Gasteiger charge is 2.22. The van der Waals surface area contributed by atoms with E-state index in [1.54, 1.807) is 11.6 Å². The molecule has 0 saturated carbocycles. The maximum Gasteiger partial charge on any atom is 0.338 e. The van der Waals surface area contributed by atoms with Crippen molar-refractivity contribution in [3.63, 3.8) is 0 Å². The molecule has 0 atom stereocenters. The summed E-state index contributed by atoms with van der Waals surface area (Å²) in [6, 6.07) is 0. The van der Waals surface area contributed by atoms with Crippen molar-refractivity contribution in [2.75, 3.05) is 0 Å². The van der Waals surface area contributed by atoms with Gasteiger partial charge in [-0.2, -0.15) is 0 Å². The second kappa shape index (κ2) is 4.12. The lowest BCUT2D eigenvalue weighted by Crippen LogP contribution is -2.04. The van der Waals surface area contributed by atoms with Crippen molar-refractivity contribution >= 4 is 34.8 Å². The number of rotatable bonds is 3. The van der Waals surface area contributed by atoms with E-state index in [1.807, 2.05) is 29.5 Å². The summed E-state index contributed by atoms with van der Waals surface area (Å²) in [4.78, 5) is 21.7. The van der Waals surface area contributed by atoms with Crippen molar-refractivity contribution in [1.29, 1.82) is 0 Å². The fourth-order valence-corrected chi connectivity index (χ4v) is 2.34. The quantitative estimate of drug-likeness (QED) is 0.683. The summed E-state index contributed by atoms with van der Waals surface area (Å²) >= 11 is 2.05. The topological polar surface area (TPSA) is 59.3 Å². The molecule has 0 aliphatic heterocycles. The van der Waals surface area contributed by atoms with Crippen LogP contribution in [0.5, 0.6) is 0 Å². The first-order valence-electron chi connectivity index (χ1n) is 4.10. The van der Waals surface area contributed by atoms with Crippen molar-refractivity contribution in [2.24, 2.45) is 7.05 Å². The van der Waals surface area contributed by atoms with Crippen LogP contribution in [-0.4, -0.2) is 21.9 Å². The number of hydrogen-bond acceptors (Lipinski definition) is 2. The second-order valence-corrected chi connectivity index (χ2v) is 3.89. The van der Waals surface area contributed by atoms with Gasteiger partial charge in [0.05, 0.1) is 15.0 Å². The first-order valence-corrected chi connectivity index (χ1v) is 5.17. The minimum Gasteiger partial charge on any atom is -0.478 e.